The van der Waals surface area contributed by atoms with E-state index in [4.69, 9.17) is 0 Å². The third-order valence-corrected chi connectivity index (χ3v) is 6.15. The Morgan fingerprint density at radius 2 is 1.62 bits per heavy atom. The van der Waals surface area contributed by atoms with Gasteiger partial charge in [-0.25, -0.2) is 8.78 Å². The van der Waals surface area contributed by atoms with Crippen LogP contribution in [0.5, 0.6) is 0 Å². The van der Waals surface area contributed by atoms with Crippen LogP contribution in [0.4, 0.5) is 20.2 Å². The molecule has 0 bridgehead atoms. The van der Waals surface area contributed by atoms with Crippen molar-refractivity contribution in [2.75, 3.05) is 42.9 Å². The number of benzene rings is 3. The Kier molecular flexibility index (Phi) is 7.87. The van der Waals surface area contributed by atoms with Crippen LogP contribution in [0, 0.1) is 11.6 Å². The summed E-state index contributed by atoms with van der Waals surface area (Å²) in [6.07, 6.45) is 0. The molecular formula is C27H30F2N4O. The number of anilines is 2. The first kappa shape index (κ1) is 23.9. The summed E-state index contributed by atoms with van der Waals surface area (Å²) in [6.45, 7) is 6.78. The number of hydrogen-bond donors (Lipinski definition) is 2. The number of halogens is 2. The number of carbonyl (C=O) groups excluding carboxylic acids is 1. The van der Waals surface area contributed by atoms with Gasteiger partial charge in [-0.15, -0.1) is 0 Å². The smallest absolute Gasteiger partial charge is 0.238 e. The van der Waals surface area contributed by atoms with E-state index in [2.05, 4.69) is 44.7 Å². The average Bonchev–Trinajstić information content (AvgIpc) is 2.86. The molecule has 1 aliphatic rings. The summed E-state index contributed by atoms with van der Waals surface area (Å²) in [5.74, 6) is -1.98. The molecule has 0 saturated carbocycles. The van der Waals surface area contributed by atoms with E-state index in [1.165, 1.54) is 11.6 Å². The lowest BCUT2D eigenvalue weighted by atomic mass is 10.1. The second kappa shape index (κ2) is 11.2. The van der Waals surface area contributed by atoms with Crippen molar-refractivity contribution >= 4 is 17.3 Å². The van der Waals surface area contributed by atoms with E-state index in [1.807, 2.05) is 30.3 Å². The van der Waals surface area contributed by atoms with Crippen LogP contribution in [0.15, 0.2) is 72.8 Å². The molecule has 0 aromatic heterocycles. The Hall–Kier alpha value is -3.29. The third-order valence-electron chi connectivity index (χ3n) is 6.15. The average molecular weight is 465 g/mol. The molecule has 7 heteroatoms. The largest absolute Gasteiger partial charge is 0.369 e. The zero-order chi connectivity index (χ0) is 23.9. The number of rotatable bonds is 8. The Morgan fingerprint density at radius 3 is 2.29 bits per heavy atom. The Bertz CT molecular complexity index is 1080. The Labute approximate surface area is 199 Å². The van der Waals surface area contributed by atoms with Crippen LogP contribution in [0.25, 0.3) is 0 Å². The maximum Gasteiger partial charge on any atom is 0.238 e. The quantitative estimate of drug-likeness (QED) is 0.513. The molecule has 34 heavy (non-hydrogen) atoms. The van der Waals surface area contributed by atoms with Gasteiger partial charge in [-0.1, -0.05) is 36.4 Å². The summed E-state index contributed by atoms with van der Waals surface area (Å²) < 4.78 is 26.5. The van der Waals surface area contributed by atoms with E-state index in [0.29, 0.717) is 5.56 Å². The summed E-state index contributed by atoms with van der Waals surface area (Å²) in [5, 5.41) is 5.91. The molecule has 1 atom stereocenters. The number of carbonyl (C=O) groups is 1. The number of hydrogen-bond acceptors (Lipinski definition) is 4. The van der Waals surface area contributed by atoms with Gasteiger partial charge in [0.25, 0.3) is 0 Å². The third kappa shape index (κ3) is 6.40. The van der Waals surface area contributed by atoms with Crippen molar-refractivity contribution in [2.45, 2.75) is 19.5 Å². The molecule has 1 saturated heterocycles. The first-order chi connectivity index (χ1) is 16.5. The molecule has 5 nitrogen and oxygen atoms in total. The van der Waals surface area contributed by atoms with Gasteiger partial charge in [0, 0.05) is 50.1 Å². The van der Waals surface area contributed by atoms with Crippen molar-refractivity contribution in [1.29, 1.82) is 0 Å². The van der Waals surface area contributed by atoms with Crippen LogP contribution in [0.2, 0.25) is 0 Å². The number of piperazine rings is 1. The molecule has 4 rings (SSSR count). The lowest BCUT2D eigenvalue weighted by Crippen LogP contribution is -2.45. The lowest BCUT2D eigenvalue weighted by molar-refractivity contribution is -0.115. The van der Waals surface area contributed by atoms with Crippen molar-refractivity contribution < 1.29 is 13.6 Å². The number of nitrogens with zero attached hydrogens (tertiary/aromatic N) is 2. The van der Waals surface area contributed by atoms with Crippen molar-refractivity contribution in [3.05, 3.63) is 95.6 Å². The molecule has 0 radical (unpaired) electrons. The maximum absolute atomic E-state index is 13.4. The summed E-state index contributed by atoms with van der Waals surface area (Å²) >= 11 is 0. The minimum atomic E-state index is -0.895. The number of amides is 1. The van der Waals surface area contributed by atoms with E-state index >= 15 is 0 Å². The molecule has 0 aliphatic carbocycles. The highest BCUT2D eigenvalue weighted by atomic mass is 19.2. The van der Waals surface area contributed by atoms with Gasteiger partial charge in [0.05, 0.1) is 6.54 Å². The Morgan fingerprint density at radius 1 is 0.912 bits per heavy atom. The second-order valence-corrected chi connectivity index (χ2v) is 8.62. The van der Waals surface area contributed by atoms with Gasteiger partial charge >= 0.3 is 0 Å². The molecule has 178 valence electrons. The topological polar surface area (TPSA) is 47.6 Å². The zero-order valence-electron chi connectivity index (χ0n) is 19.3. The first-order valence-electron chi connectivity index (χ1n) is 11.6. The minimum Gasteiger partial charge on any atom is -0.369 e. The van der Waals surface area contributed by atoms with Crippen molar-refractivity contribution in [2.24, 2.45) is 0 Å². The second-order valence-electron chi connectivity index (χ2n) is 8.62. The van der Waals surface area contributed by atoms with Gasteiger partial charge in [-0.2, -0.15) is 0 Å². The molecule has 2 N–H and O–H groups in total. The van der Waals surface area contributed by atoms with Gasteiger partial charge in [0.15, 0.2) is 11.6 Å². The number of nitrogens with one attached hydrogen (secondary N) is 2. The van der Waals surface area contributed by atoms with Gasteiger partial charge < -0.3 is 15.5 Å². The molecule has 3 aromatic rings. The van der Waals surface area contributed by atoms with Crippen LogP contribution < -0.4 is 15.5 Å². The summed E-state index contributed by atoms with van der Waals surface area (Å²) in [7, 11) is 0. The normalized spacial score (nSPS) is 15.2. The highest BCUT2D eigenvalue weighted by Crippen LogP contribution is 2.20. The SMILES string of the molecule is C[C@@H](NCC(=O)Nc1ccc(N2CCN(Cc3ccccc3)CC2)cc1)c1ccc(F)c(F)c1. The fourth-order valence-corrected chi connectivity index (χ4v) is 4.11. The van der Waals surface area contributed by atoms with Crippen LogP contribution in [0.3, 0.4) is 0 Å². The minimum absolute atomic E-state index is 0.0608. The van der Waals surface area contributed by atoms with E-state index in [1.54, 1.807) is 6.92 Å². The standard InChI is InChI=1S/C27H30F2N4O/c1-20(22-7-12-25(28)26(29)17-22)30-18-27(34)31-23-8-10-24(11-9-23)33-15-13-32(14-16-33)19-21-5-3-2-4-6-21/h2-12,17,20,30H,13-16,18-19H2,1H3,(H,31,34)/t20-/m1/s1. The van der Waals surface area contributed by atoms with Gasteiger partial charge in [-0.05, 0) is 54.4 Å². The summed E-state index contributed by atoms with van der Waals surface area (Å²) in [5.41, 5.74) is 3.78. The summed E-state index contributed by atoms with van der Waals surface area (Å²) in [4.78, 5) is 17.1. The van der Waals surface area contributed by atoms with Crippen LogP contribution >= 0.6 is 0 Å². The zero-order valence-corrected chi connectivity index (χ0v) is 19.3. The molecular weight excluding hydrogens is 434 g/mol. The Balaban J connectivity index is 1.22. The highest BCUT2D eigenvalue weighted by molar-refractivity contribution is 5.92. The van der Waals surface area contributed by atoms with Crippen molar-refractivity contribution in [3.8, 4) is 0 Å². The molecule has 1 fully saturated rings. The van der Waals surface area contributed by atoms with E-state index in [0.717, 1.165) is 56.2 Å². The monoisotopic (exact) mass is 464 g/mol. The molecule has 1 heterocycles. The molecule has 1 amide bonds. The molecule has 0 spiro atoms. The van der Waals surface area contributed by atoms with Crippen molar-refractivity contribution in [1.82, 2.24) is 10.2 Å². The molecule has 0 unspecified atom stereocenters. The van der Waals surface area contributed by atoms with Crippen LogP contribution in [0.1, 0.15) is 24.1 Å². The predicted octanol–water partition coefficient (Wildman–Crippen LogP) is 4.58. The maximum atomic E-state index is 13.4. The van der Waals surface area contributed by atoms with Crippen LogP contribution in [-0.4, -0.2) is 43.5 Å². The van der Waals surface area contributed by atoms with Gasteiger partial charge in [0.2, 0.25) is 5.91 Å². The van der Waals surface area contributed by atoms with Crippen LogP contribution in [-0.2, 0) is 11.3 Å². The fourth-order valence-electron chi connectivity index (χ4n) is 4.11. The van der Waals surface area contributed by atoms with E-state index in [-0.39, 0.29) is 18.5 Å². The first-order valence-corrected chi connectivity index (χ1v) is 11.6. The highest BCUT2D eigenvalue weighted by Gasteiger charge is 2.17. The van der Waals surface area contributed by atoms with Crippen molar-refractivity contribution in [3.63, 3.8) is 0 Å². The van der Waals surface area contributed by atoms with E-state index in [9.17, 15) is 13.6 Å². The van der Waals surface area contributed by atoms with Gasteiger partial charge in [-0.3, -0.25) is 9.69 Å². The summed E-state index contributed by atoms with van der Waals surface area (Å²) in [6, 6.07) is 21.8. The van der Waals surface area contributed by atoms with Gasteiger partial charge in [0.1, 0.15) is 0 Å². The lowest BCUT2D eigenvalue weighted by Gasteiger charge is -2.36. The van der Waals surface area contributed by atoms with E-state index < -0.39 is 11.6 Å². The fraction of sp³-hybridized carbons (Fsp3) is 0.296. The molecule has 3 aromatic carbocycles. The molecule has 1 aliphatic heterocycles. The predicted molar refractivity (Wildman–Crippen MR) is 132 cm³/mol.